The van der Waals surface area contributed by atoms with Crippen molar-refractivity contribution < 1.29 is 9.90 Å². The number of carbonyl (C=O) groups is 1. The van der Waals surface area contributed by atoms with Crippen molar-refractivity contribution in [2.45, 2.75) is 0 Å². The second kappa shape index (κ2) is 3.51. The molecule has 0 unspecified atom stereocenters. The highest BCUT2D eigenvalue weighted by Crippen LogP contribution is 2.10. The molecule has 0 amide bonds. The number of aliphatic hydroxyl groups is 1. The molecule has 0 fully saturated rings. The summed E-state index contributed by atoms with van der Waals surface area (Å²) in [6, 6.07) is 6.49. The first kappa shape index (κ1) is 8.24. The third-order valence-corrected chi connectivity index (χ3v) is 1.53. The van der Waals surface area contributed by atoms with E-state index in [1.54, 1.807) is 18.2 Å². The van der Waals surface area contributed by atoms with Crippen molar-refractivity contribution in [1.82, 2.24) is 0 Å². The summed E-state index contributed by atoms with van der Waals surface area (Å²) in [6.45, 7) is -0.472. The van der Waals surface area contributed by atoms with Gasteiger partial charge in [-0.25, -0.2) is 0 Å². The lowest BCUT2D eigenvalue weighted by Gasteiger charge is -1.95. The lowest BCUT2D eigenvalue weighted by atomic mass is 10.1. The Kier molecular flexibility index (Phi) is 2.63. The van der Waals surface area contributed by atoms with Gasteiger partial charge in [0.25, 0.3) is 0 Å². The number of Topliss-reactive ketones (excluding diaryl/α,β-unsaturated/α-hetero) is 1. The van der Waals surface area contributed by atoms with Crippen LogP contribution in [-0.4, -0.2) is 17.5 Å². The van der Waals surface area contributed by atoms with Gasteiger partial charge in [0.05, 0.1) is 0 Å². The fourth-order valence-corrected chi connectivity index (χ4v) is 0.943. The van der Waals surface area contributed by atoms with Gasteiger partial charge in [-0.2, -0.15) is 0 Å². The highest BCUT2D eigenvalue weighted by atomic mass is 35.5. The van der Waals surface area contributed by atoms with E-state index in [1.807, 2.05) is 0 Å². The van der Waals surface area contributed by atoms with Crippen LogP contribution in [0.4, 0.5) is 0 Å². The van der Waals surface area contributed by atoms with Gasteiger partial charge in [-0.15, -0.1) is 0 Å². The standard InChI is InChI=1S/C8H7ClO2/c9-7-3-1-2-6(4-7)8(11)5-10/h1-4,10H,5H2. The minimum atomic E-state index is -0.472. The molecule has 0 heterocycles. The monoisotopic (exact) mass is 170 g/mol. The van der Waals surface area contributed by atoms with E-state index >= 15 is 0 Å². The molecular formula is C8H7ClO2. The van der Waals surface area contributed by atoms with E-state index in [0.717, 1.165) is 0 Å². The van der Waals surface area contributed by atoms with Gasteiger partial charge in [-0.1, -0.05) is 23.7 Å². The largest absolute Gasteiger partial charge is 0.388 e. The van der Waals surface area contributed by atoms with Crippen molar-refractivity contribution in [3.63, 3.8) is 0 Å². The van der Waals surface area contributed by atoms with Crippen LogP contribution in [0.25, 0.3) is 0 Å². The maximum absolute atomic E-state index is 10.9. The average molecular weight is 171 g/mol. The Morgan fingerprint density at radius 2 is 2.27 bits per heavy atom. The summed E-state index contributed by atoms with van der Waals surface area (Å²) in [5.74, 6) is -0.312. The van der Waals surface area contributed by atoms with E-state index in [2.05, 4.69) is 0 Å². The lowest BCUT2D eigenvalue weighted by Crippen LogP contribution is -2.03. The molecule has 0 aliphatic heterocycles. The van der Waals surface area contributed by atoms with Crippen LogP contribution in [0.2, 0.25) is 5.02 Å². The van der Waals surface area contributed by atoms with Crippen LogP contribution in [0.15, 0.2) is 24.3 Å². The maximum Gasteiger partial charge on any atom is 0.188 e. The predicted octanol–water partition coefficient (Wildman–Crippen LogP) is 1.51. The molecule has 3 heteroatoms. The molecule has 0 spiro atoms. The fraction of sp³-hybridized carbons (Fsp3) is 0.125. The SMILES string of the molecule is O=C(CO)c1cccc(Cl)c1. The number of carbonyl (C=O) groups excluding carboxylic acids is 1. The zero-order valence-electron chi connectivity index (χ0n) is 5.75. The summed E-state index contributed by atoms with van der Waals surface area (Å²) in [7, 11) is 0. The van der Waals surface area contributed by atoms with E-state index in [9.17, 15) is 4.79 Å². The molecule has 0 radical (unpaired) electrons. The second-order valence-corrected chi connectivity index (χ2v) is 2.53. The molecule has 0 bridgehead atoms. The van der Waals surface area contributed by atoms with Crippen LogP contribution in [0.5, 0.6) is 0 Å². The summed E-state index contributed by atoms with van der Waals surface area (Å²) in [5.41, 5.74) is 0.444. The highest BCUT2D eigenvalue weighted by molar-refractivity contribution is 6.31. The number of rotatable bonds is 2. The third-order valence-electron chi connectivity index (χ3n) is 1.29. The number of hydrogen-bond acceptors (Lipinski definition) is 2. The van der Waals surface area contributed by atoms with E-state index in [0.29, 0.717) is 10.6 Å². The average Bonchev–Trinajstić information content (AvgIpc) is 2.03. The minimum absolute atomic E-state index is 0.312. The zero-order valence-corrected chi connectivity index (χ0v) is 6.51. The molecule has 11 heavy (non-hydrogen) atoms. The molecule has 0 atom stereocenters. The first-order valence-corrected chi connectivity index (χ1v) is 3.51. The summed E-state index contributed by atoms with van der Waals surface area (Å²) < 4.78 is 0. The Morgan fingerprint density at radius 3 is 2.82 bits per heavy atom. The van der Waals surface area contributed by atoms with Crippen molar-refractivity contribution in [1.29, 1.82) is 0 Å². The first-order valence-electron chi connectivity index (χ1n) is 3.13. The van der Waals surface area contributed by atoms with Crippen LogP contribution in [0.1, 0.15) is 10.4 Å². The van der Waals surface area contributed by atoms with Crippen LogP contribution in [0, 0.1) is 0 Å². The molecular weight excluding hydrogens is 164 g/mol. The van der Waals surface area contributed by atoms with Crippen molar-refractivity contribution in [2.24, 2.45) is 0 Å². The van der Waals surface area contributed by atoms with Crippen molar-refractivity contribution in [2.75, 3.05) is 6.61 Å². The van der Waals surface area contributed by atoms with Crippen LogP contribution >= 0.6 is 11.6 Å². The molecule has 0 saturated carbocycles. The van der Waals surface area contributed by atoms with Gasteiger partial charge >= 0.3 is 0 Å². The van der Waals surface area contributed by atoms with E-state index in [4.69, 9.17) is 16.7 Å². The van der Waals surface area contributed by atoms with Crippen LogP contribution in [0.3, 0.4) is 0 Å². The Morgan fingerprint density at radius 1 is 1.55 bits per heavy atom. The normalized spacial score (nSPS) is 9.64. The predicted molar refractivity (Wildman–Crippen MR) is 42.9 cm³/mol. The molecule has 1 aromatic carbocycles. The van der Waals surface area contributed by atoms with Crippen molar-refractivity contribution in [3.8, 4) is 0 Å². The number of halogens is 1. The van der Waals surface area contributed by atoms with Gasteiger partial charge in [0, 0.05) is 10.6 Å². The second-order valence-electron chi connectivity index (χ2n) is 2.09. The third kappa shape index (κ3) is 2.03. The highest BCUT2D eigenvalue weighted by Gasteiger charge is 2.02. The maximum atomic E-state index is 10.9. The quantitative estimate of drug-likeness (QED) is 0.684. The zero-order chi connectivity index (χ0) is 8.27. The summed E-state index contributed by atoms with van der Waals surface area (Å²) in [4.78, 5) is 10.9. The van der Waals surface area contributed by atoms with Gasteiger partial charge < -0.3 is 5.11 Å². The Labute approximate surface area is 69.4 Å². The summed E-state index contributed by atoms with van der Waals surface area (Å²) in [6.07, 6.45) is 0. The van der Waals surface area contributed by atoms with E-state index in [1.165, 1.54) is 6.07 Å². The van der Waals surface area contributed by atoms with Gasteiger partial charge in [0.15, 0.2) is 5.78 Å². The summed E-state index contributed by atoms with van der Waals surface area (Å²) in [5, 5.41) is 8.99. The van der Waals surface area contributed by atoms with Crippen LogP contribution < -0.4 is 0 Å². The Bertz CT molecular complexity index is 271. The molecule has 0 aliphatic rings. The number of hydrogen-bond donors (Lipinski definition) is 1. The van der Waals surface area contributed by atoms with Crippen molar-refractivity contribution in [3.05, 3.63) is 34.9 Å². The molecule has 0 saturated heterocycles. The molecule has 58 valence electrons. The van der Waals surface area contributed by atoms with Gasteiger partial charge in [-0.3, -0.25) is 4.79 Å². The number of benzene rings is 1. The van der Waals surface area contributed by atoms with Gasteiger partial charge in [-0.05, 0) is 12.1 Å². The lowest BCUT2D eigenvalue weighted by molar-refractivity contribution is 0.0904. The molecule has 1 aromatic rings. The first-order chi connectivity index (χ1) is 5.24. The minimum Gasteiger partial charge on any atom is -0.388 e. The molecule has 2 nitrogen and oxygen atoms in total. The van der Waals surface area contributed by atoms with E-state index < -0.39 is 6.61 Å². The number of aliphatic hydroxyl groups excluding tert-OH is 1. The van der Waals surface area contributed by atoms with Gasteiger partial charge in [0.1, 0.15) is 6.61 Å². The molecule has 1 rings (SSSR count). The van der Waals surface area contributed by atoms with E-state index in [-0.39, 0.29) is 5.78 Å². The smallest absolute Gasteiger partial charge is 0.188 e. The Balaban J connectivity index is 2.96. The number of ketones is 1. The van der Waals surface area contributed by atoms with Crippen LogP contribution in [-0.2, 0) is 0 Å². The van der Waals surface area contributed by atoms with Gasteiger partial charge in [0.2, 0.25) is 0 Å². The fourth-order valence-electron chi connectivity index (χ4n) is 0.753. The molecule has 0 aliphatic carbocycles. The van der Waals surface area contributed by atoms with Crippen molar-refractivity contribution >= 4 is 17.4 Å². The topological polar surface area (TPSA) is 37.3 Å². The summed E-state index contributed by atoms with van der Waals surface area (Å²) >= 11 is 5.61. The molecule has 0 aromatic heterocycles. The molecule has 1 N–H and O–H groups in total. The Hall–Kier alpha value is -0.860.